The molecule has 0 amide bonds. The Kier molecular flexibility index (Phi) is 9.28. The van der Waals surface area contributed by atoms with E-state index in [9.17, 15) is 9.46 Å². The monoisotopic (exact) mass is 290 g/mol. The van der Waals surface area contributed by atoms with Gasteiger partial charge in [0.2, 0.25) is 7.37 Å². The molecule has 0 spiro atoms. The zero-order chi connectivity index (χ0) is 15.1. The van der Waals surface area contributed by atoms with Crippen molar-refractivity contribution >= 4 is 7.37 Å². The van der Waals surface area contributed by atoms with Gasteiger partial charge in [-0.2, -0.15) is 0 Å². The zero-order valence-corrected chi connectivity index (χ0v) is 14.7. The van der Waals surface area contributed by atoms with Gasteiger partial charge in [-0.05, 0) is 36.5 Å². The summed E-state index contributed by atoms with van der Waals surface area (Å²) in [5.74, 6) is 2.11. The summed E-state index contributed by atoms with van der Waals surface area (Å²) in [6, 6.07) is 0. The van der Waals surface area contributed by atoms with E-state index in [2.05, 4.69) is 41.5 Å². The molecule has 1 N–H and O–H groups in total. The Labute approximate surface area is 120 Å². The second-order valence-electron chi connectivity index (χ2n) is 7.36. The highest BCUT2D eigenvalue weighted by Crippen LogP contribution is 2.45. The van der Waals surface area contributed by atoms with Crippen LogP contribution in [0.2, 0.25) is 0 Å². The maximum atomic E-state index is 12.3. The number of hydrogen-bond acceptors (Lipinski definition) is 1. The normalized spacial score (nSPS) is 18.6. The van der Waals surface area contributed by atoms with Crippen LogP contribution in [-0.2, 0) is 4.57 Å². The van der Waals surface area contributed by atoms with Crippen molar-refractivity contribution in [2.45, 2.75) is 67.2 Å². The van der Waals surface area contributed by atoms with Gasteiger partial charge in [-0.15, -0.1) is 0 Å². The van der Waals surface area contributed by atoms with Gasteiger partial charge in [0.1, 0.15) is 0 Å². The standard InChI is InChI=1S/C16H35O2P/c1-13(2)7-9-15(5)11-19(17,18)12-16(6)10-8-14(3)4/h13-16H,7-12H2,1-6H3,(H,17,18). The van der Waals surface area contributed by atoms with E-state index in [4.69, 9.17) is 0 Å². The molecule has 2 nitrogen and oxygen atoms in total. The summed E-state index contributed by atoms with van der Waals surface area (Å²) in [4.78, 5) is 10.1. The van der Waals surface area contributed by atoms with Crippen molar-refractivity contribution in [3.05, 3.63) is 0 Å². The molecule has 0 radical (unpaired) electrons. The minimum Gasteiger partial charge on any atom is -0.344 e. The molecule has 0 bridgehead atoms. The molecule has 0 aromatic heterocycles. The fraction of sp³-hybridized carbons (Fsp3) is 1.00. The third kappa shape index (κ3) is 11.7. The third-order valence-corrected chi connectivity index (χ3v) is 6.06. The summed E-state index contributed by atoms with van der Waals surface area (Å²) in [5.41, 5.74) is 0. The van der Waals surface area contributed by atoms with Crippen molar-refractivity contribution < 1.29 is 9.46 Å². The van der Waals surface area contributed by atoms with Crippen LogP contribution in [-0.4, -0.2) is 17.2 Å². The molecule has 3 heteroatoms. The van der Waals surface area contributed by atoms with E-state index < -0.39 is 7.37 Å². The van der Waals surface area contributed by atoms with E-state index in [-0.39, 0.29) is 0 Å². The lowest BCUT2D eigenvalue weighted by atomic mass is 10.0. The topological polar surface area (TPSA) is 37.3 Å². The predicted molar refractivity (Wildman–Crippen MR) is 86.0 cm³/mol. The molecule has 19 heavy (non-hydrogen) atoms. The van der Waals surface area contributed by atoms with Crippen LogP contribution < -0.4 is 0 Å². The van der Waals surface area contributed by atoms with Crippen LogP contribution in [0.1, 0.15) is 67.2 Å². The van der Waals surface area contributed by atoms with Crippen molar-refractivity contribution in [2.75, 3.05) is 12.3 Å². The van der Waals surface area contributed by atoms with Gasteiger partial charge >= 0.3 is 0 Å². The highest BCUT2D eigenvalue weighted by Gasteiger charge is 2.24. The quantitative estimate of drug-likeness (QED) is 0.547. The summed E-state index contributed by atoms with van der Waals surface area (Å²) >= 11 is 0. The molecule has 0 aliphatic heterocycles. The summed E-state index contributed by atoms with van der Waals surface area (Å²) in [5, 5.41) is 0. The largest absolute Gasteiger partial charge is 0.344 e. The Morgan fingerprint density at radius 1 is 0.737 bits per heavy atom. The summed E-state index contributed by atoms with van der Waals surface area (Å²) in [7, 11) is -2.92. The first-order chi connectivity index (χ1) is 8.62. The summed E-state index contributed by atoms with van der Waals surface area (Å²) < 4.78 is 12.3. The molecule has 0 aliphatic rings. The highest BCUT2D eigenvalue weighted by molar-refractivity contribution is 7.58. The van der Waals surface area contributed by atoms with Crippen LogP contribution in [0.4, 0.5) is 0 Å². The van der Waals surface area contributed by atoms with Gasteiger partial charge in [0, 0.05) is 12.3 Å². The lowest BCUT2D eigenvalue weighted by Gasteiger charge is -2.21. The molecule has 0 aromatic carbocycles. The first-order valence-electron chi connectivity index (χ1n) is 7.93. The highest BCUT2D eigenvalue weighted by atomic mass is 31.2. The van der Waals surface area contributed by atoms with E-state index in [1.807, 2.05) is 0 Å². The zero-order valence-electron chi connectivity index (χ0n) is 13.9. The van der Waals surface area contributed by atoms with E-state index in [1.54, 1.807) is 0 Å². The van der Waals surface area contributed by atoms with Crippen LogP contribution >= 0.6 is 7.37 Å². The van der Waals surface area contributed by atoms with Gasteiger partial charge in [0.15, 0.2) is 0 Å². The van der Waals surface area contributed by atoms with Gasteiger partial charge < -0.3 is 4.89 Å². The third-order valence-electron chi connectivity index (χ3n) is 3.67. The molecule has 0 heterocycles. The molecule has 116 valence electrons. The molecule has 0 saturated heterocycles. The lowest BCUT2D eigenvalue weighted by molar-refractivity contribution is 0.419. The van der Waals surface area contributed by atoms with E-state index in [1.165, 1.54) is 0 Å². The van der Waals surface area contributed by atoms with Crippen LogP contribution in [0.5, 0.6) is 0 Å². The van der Waals surface area contributed by atoms with Gasteiger partial charge in [-0.3, -0.25) is 4.57 Å². The predicted octanol–water partition coefficient (Wildman–Crippen LogP) is 5.40. The Hall–Kier alpha value is 0.190. The summed E-state index contributed by atoms with van der Waals surface area (Å²) in [6.07, 6.45) is 5.47. The van der Waals surface area contributed by atoms with Crippen LogP contribution in [0.15, 0.2) is 0 Å². The van der Waals surface area contributed by atoms with Crippen LogP contribution in [0, 0.1) is 23.7 Å². The van der Waals surface area contributed by atoms with Crippen molar-refractivity contribution in [1.29, 1.82) is 0 Å². The van der Waals surface area contributed by atoms with Gasteiger partial charge in [-0.1, -0.05) is 54.4 Å². The number of hydrogen-bond donors (Lipinski definition) is 1. The number of rotatable bonds is 10. The minimum absolute atomic E-state index is 0.371. The van der Waals surface area contributed by atoms with Crippen molar-refractivity contribution in [2.24, 2.45) is 23.7 Å². The minimum atomic E-state index is -2.92. The fourth-order valence-electron chi connectivity index (χ4n) is 2.47. The second kappa shape index (κ2) is 9.19. The van der Waals surface area contributed by atoms with Gasteiger partial charge in [0.05, 0.1) is 0 Å². The van der Waals surface area contributed by atoms with Crippen molar-refractivity contribution in [3.63, 3.8) is 0 Å². The van der Waals surface area contributed by atoms with E-state index >= 15 is 0 Å². The SMILES string of the molecule is CC(C)CCC(C)CP(=O)(O)CC(C)CCC(C)C. The van der Waals surface area contributed by atoms with E-state index in [0.29, 0.717) is 36.0 Å². The summed E-state index contributed by atoms with van der Waals surface area (Å²) in [6.45, 7) is 13.1. The first-order valence-corrected chi connectivity index (χ1v) is 9.96. The molecular weight excluding hydrogens is 255 g/mol. The molecular formula is C16H35O2P. The first kappa shape index (κ1) is 19.2. The van der Waals surface area contributed by atoms with Crippen LogP contribution in [0.3, 0.4) is 0 Å². The Morgan fingerprint density at radius 2 is 1.05 bits per heavy atom. The average molecular weight is 290 g/mol. The Morgan fingerprint density at radius 3 is 1.32 bits per heavy atom. The molecule has 2 atom stereocenters. The second-order valence-corrected chi connectivity index (χ2v) is 9.79. The van der Waals surface area contributed by atoms with Crippen molar-refractivity contribution in [1.82, 2.24) is 0 Å². The average Bonchev–Trinajstić information content (AvgIpc) is 2.22. The molecule has 0 aliphatic carbocycles. The van der Waals surface area contributed by atoms with Crippen molar-refractivity contribution in [3.8, 4) is 0 Å². The maximum absolute atomic E-state index is 12.3. The molecule has 2 unspecified atom stereocenters. The fourth-order valence-corrected chi connectivity index (χ4v) is 4.93. The van der Waals surface area contributed by atoms with E-state index in [0.717, 1.165) is 25.7 Å². The Balaban J connectivity index is 4.05. The van der Waals surface area contributed by atoms with Gasteiger partial charge in [0.25, 0.3) is 0 Å². The smallest absolute Gasteiger partial charge is 0.201 e. The molecule has 0 fully saturated rings. The maximum Gasteiger partial charge on any atom is 0.201 e. The van der Waals surface area contributed by atoms with Gasteiger partial charge in [-0.25, -0.2) is 0 Å². The Bertz CT molecular complexity index is 250. The molecule has 0 rings (SSSR count). The van der Waals surface area contributed by atoms with Crippen LogP contribution in [0.25, 0.3) is 0 Å². The lowest BCUT2D eigenvalue weighted by Crippen LogP contribution is -2.11. The molecule has 0 aromatic rings. The molecule has 0 saturated carbocycles.